The van der Waals surface area contributed by atoms with Gasteiger partial charge in [0.2, 0.25) is 11.8 Å². The minimum Gasteiger partial charge on any atom is -0.354 e. The van der Waals surface area contributed by atoms with Gasteiger partial charge in [-0.15, -0.1) is 0 Å². The Bertz CT molecular complexity index is 810. The van der Waals surface area contributed by atoms with E-state index in [0.29, 0.717) is 12.5 Å². The standard InChI is InChI=1S/C17H22FN7O/c1-10-11(2)21-14(16(26)24(3)4)23-15(10)25-6-5-13(9-25)22-17-19-7-12(18)8-20-17/h7-8,13H,5-6,9H2,1-4H3,(H,19,20,22)/t13-/m1/s1. The number of amides is 1. The number of nitrogens with zero attached hydrogens (tertiary/aromatic N) is 6. The number of anilines is 2. The zero-order chi connectivity index (χ0) is 18.8. The number of aryl methyl sites for hydroxylation is 1. The van der Waals surface area contributed by atoms with Crippen molar-refractivity contribution in [2.24, 2.45) is 0 Å². The van der Waals surface area contributed by atoms with Crippen LogP contribution in [0.1, 0.15) is 28.3 Å². The van der Waals surface area contributed by atoms with E-state index in [1.165, 1.54) is 4.90 Å². The summed E-state index contributed by atoms with van der Waals surface area (Å²) in [7, 11) is 3.36. The lowest BCUT2D eigenvalue weighted by atomic mass is 10.2. The number of nitrogens with one attached hydrogen (secondary N) is 1. The molecular formula is C17H22FN7O. The molecule has 1 saturated heterocycles. The largest absolute Gasteiger partial charge is 0.354 e. The zero-order valence-corrected chi connectivity index (χ0v) is 15.3. The Balaban J connectivity index is 1.77. The highest BCUT2D eigenvalue weighted by Gasteiger charge is 2.27. The molecule has 0 aliphatic carbocycles. The van der Waals surface area contributed by atoms with E-state index in [2.05, 4.69) is 30.2 Å². The summed E-state index contributed by atoms with van der Waals surface area (Å²) in [5.74, 6) is 0.687. The summed E-state index contributed by atoms with van der Waals surface area (Å²) in [4.78, 5) is 32.5. The first-order valence-corrected chi connectivity index (χ1v) is 8.41. The minimum atomic E-state index is -0.464. The van der Waals surface area contributed by atoms with Crippen molar-refractivity contribution in [1.82, 2.24) is 24.8 Å². The van der Waals surface area contributed by atoms with Crippen molar-refractivity contribution in [1.29, 1.82) is 0 Å². The lowest BCUT2D eigenvalue weighted by molar-refractivity contribution is 0.0815. The second kappa shape index (κ2) is 7.19. The summed E-state index contributed by atoms with van der Waals surface area (Å²) < 4.78 is 12.9. The normalized spacial score (nSPS) is 16.7. The predicted octanol–water partition coefficient (Wildman–Crippen LogP) is 1.42. The van der Waals surface area contributed by atoms with Gasteiger partial charge in [-0.2, -0.15) is 0 Å². The number of carbonyl (C=O) groups excluding carboxylic acids is 1. The molecule has 3 heterocycles. The van der Waals surface area contributed by atoms with Gasteiger partial charge in [-0.3, -0.25) is 4.79 Å². The smallest absolute Gasteiger partial charge is 0.291 e. The third-order valence-corrected chi connectivity index (χ3v) is 4.40. The molecule has 1 aliphatic rings. The molecule has 0 radical (unpaired) electrons. The molecule has 1 atom stereocenters. The SMILES string of the molecule is Cc1nc(C(=O)N(C)C)nc(N2CC[C@@H](Nc3ncc(F)cn3)C2)c1C. The van der Waals surface area contributed by atoms with E-state index < -0.39 is 5.82 Å². The minimum absolute atomic E-state index is 0.114. The fourth-order valence-corrected chi connectivity index (χ4v) is 2.86. The second-order valence-corrected chi connectivity index (χ2v) is 6.58. The monoisotopic (exact) mass is 359 g/mol. The van der Waals surface area contributed by atoms with Crippen molar-refractivity contribution in [3.05, 3.63) is 35.3 Å². The van der Waals surface area contributed by atoms with Crippen molar-refractivity contribution in [2.45, 2.75) is 26.3 Å². The van der Waals surface area contributed by atoms with E-state index in [-0.39, 0.29) is 17.8 Å². The third kappa shape index (κ3) is 3.71. The van der Waals surface area contributed by atoms with Crippen LogP contribution < -0.4 is 10.2 Å². The van der Waals surface area contributed by atoms with Crippen LogP contribution >= 0.6 is 0 Å². The van der Waals surface area contributed by atoms with Crippen LogP contribution in [0.5, 0.6) is 0 Å². The van der Waals surface area contributed by atoms with Crippen LogP contribution in [-0.2, 0) is 0 Å². The Hall–Kier alpha value is -2.84. The van der Waals surface area contributed by atoms with Crippen LogP contribution in [-0.4, -0.2) is 64.0 Å². The molecule has 1 amide bonds. The van der Waals surface area contributed by atoms with E-state index in [1.807, 2.05) is 13.8 Å². The molecule has 0 unspecified atom stereocenters. The van der Waals surface area contributed by atoms with E-state index >= 15 is 0 Å². The Labute approximate surface area is 151 Å². The summed E-state index contributed by atoms with van der Waals surface area (Å²) >= 11 is 0. The first kappa shape index (κ1) is 18.0. The average molecular weight is 359 g/mol. The van der Waals surface area contributed by atoms with Crippen LogP contribution in [0.15, 0.2) is 12.4 Å². The molecule has 138 valence electrons. The van der Waals surface area contributed by atoms with Crippen LogP contribution in [0.3, 0.4) is 0 Å². The Morgan fingerprint density at radius 2 is 1.96 bits per heavy atom. The fraction of sp³-hybridized carbons (Fsp3) is 0.471. The number of halogens is 1. The summed E-state index contributed by atoms with van der Waals surface area (Å²) in [5, 5.41) is 3.21. The van der Waals surface area contributed by atoms with Crippen LogP contribution in [0.2, 0.25) is 0 Å². The maximum atomic E-state index is 12.9. The maximum absolute atomic E-state index is 12.9. The van der Waals surface area contributed by atoms with Gasteiger partial charge in [-0.25, -0.2) is 24.3 Å². The van der Waals surface area contributed by atoms with Gasteiger partial charge in [0.05, 0.1) is 12.4 Å². The average Bonchev–Trinajstić information content (AvgIpc) is 3.06. The predicted molar refractivity (Wildman–Crippen MR) is 95.8 cm³/mol. The highest BCUT2D eigenvalue weighted by Crippen LogP contribution is 2.25. The van der Waals surface area contributed by atoms with Gasteiger partial charge < -0.3 is 15.1 Å². The molecule has 26 heavy (non-hydrogen) atoms. The molecule has 1 N–H and O–H groups in total. The lowest BCUT2D eigenvalue weighted by Gasteiger charge is -2.22. The van der Waals surface area contributed by atoms with Gasteiger partial charge >= 0.3 is 0 Å². The molecule has 2 aromatic heterocycles. The lowest BCUT2D eigenvalue weighted by Crippen LogP contribution is -2.30. The van der Waals surface area contributed by atoms with Gasteiger partial charge in [0.1, 0.15) is 5.82 Å². The number of carbonyl (C=O) groups is 1. The summed E-state index contributed by atoms with van der Waals surface area (Å²) in [6, 6.07) is 0.114. The number of rotatable bonds is 4. The number of hydrogen-bond donors (Lipinski definition) is 1. The molecule has 8 nitrogen and oxygen atoms in total. The topological polar surface area (TPSA) is 87.1 Å². The van der Waals surface area contributed by atoms with E-state index in [4.69, 9.17) is 0 Å². The summed E-state index contributed by atoms with van der Waals surface area (Å²) in [5.41, 5.74) is 1.75. The molecule has 0 saturated carbocycles. The number of hydrogen-bond acceptors (Lipinski definition) is 7. The highest BCUT2D eigenvalue weighted by molar-refractivity contribution is 5.90. The number of aromatic nitrogens is 4. The van der Waals surface area contributed by atoms with Crippen molar-refractivity contribution >= 4 is 17.7 Å². The van der Waals surface area contributed by atoms with Gasteiger partial charge in [0.15, 0.2) is 5.82 Å². The molecule has 0 aromatic carbocycles. The van der Waals surface area contributed by atoms with Crippen molar-refractivity contribution < 1.29 is 9.18 Å². The van der Waals surface area contributed by atoms with Crippen molar-refractivity contribution in [3.8, 4) is 0 Å². The van der Waals surface area contributed by atoms with E-state index in [1.54, 1.807) is 14.1 Å². The van der Waals surface area contributed by atoms with E-state index in [9.17, 15) is 9.18 Å². The van der Waals surface area contributed by atoms with Crippen LogP contribution in [0.4, 0.5) is 16.2 Å². The Kier molecular flexibility index (Phi) is 4.97. The quantitative estimate of drug-likeness (QED) is 0.883. The van der Waals surface area contributed by atoms with Gasteiger partial charge in [0.25, 0.3) is 5.91 Å². The van der Waals surface area contributed by atoms with E-state index in [0.717, 1.165) is 42.4 Å². The first-order valence-electron chi connectivity index (χ1n) is 8.41. The van der Waals surface area contributed by atoms with Crippen LogP contribution in [0.25, 0.3) is 0 Å². The molecule has 0 spiro atoms. The molecule has 1 fully saturated rings. The van der Waals surface area contributed by atoms with Gasteiger partial charge in [-0.1, -0.05) is 0 Å². The van der Waals surface area contributed by atoms with Crippen molar-refractivity contribution in [2.75, 3.05) is 37.4 Å². The first-order chi connectivity index (χ1) is 12.3. The molecule has 2 aromatic rings. The highest BCUT2D eigenvalue weighted by atomic mass is 19.1. The molecule has 1 aliphatic heterocycles. The van der Waals surface area contributed by atoms with Gasteiger partial charge in [0, 0.05) is 44.5 Å². The molecule has 3 rings (SSSR count). The molecular weight excluding hydrogens is 337 g/mol. The fourth-order valence-electron chi connectivity index (χ4n) is 2.86. The molecule has 0 bridgehead atoms. The van der Waals surface area contributed by atoms with Crippen molar-refractivity contribution in [3.63, 3.8) is 0 Å². The Morgan fingerprint density at radius 3 is 2.62 bits per heavy atom. The summed E-state index contributed by atoms with van der Waals surface area (Å²) in [6.07, 6.45) is 3.14. The maximum Gasteiger partial charge on any atom is 0.291 e. The third-order valence-electron chi connectivity index (χ3n) is 4.40. The zero-order valence-electron chi connectivity index (χ0n) is 15.3. The summed E-state index contributed by atoms with van der Waals surface area (Å²) in [6.45, 7) is 5.31. The second-order valence-electron chi connectivity index (χ2n) is 6.58. The Morgan fingerprint density at radius 1 is 1.27 bits per heavy atom. The molecule has 9 heteroatoms. The van der Waals surface area contributed by atoms with Gasteiger partial charge in [-0.05, 0) is 20.3 Å². The van der Waals surface area contributed by atoms with Crippen LogP contribution in [0, 0.1) is 19.7 Å².